The standard InChI is InChI=1S/C18H14O2S.C4H11N/c1-20-17-8-6-15(7-9-17)18(19)14-4-2-13(3-5-14)16-10-11-21-12-16;1-3-4-5-2/h2-12H,1H3;5H,3-4H2,1-2H3. The molecule has 0 saturated carbocycles. The Hall–Kier alpha value is -2.43. The van der Waals surface area contributed by atoms with Crippen LogP contribution in [0.5, 0.6) is 5.75 Å². The quantitative estimate of drug-likeness (QED) is 0.603. The van der Waals surface area contributed by atoms with E-state index in [1.165, 1.54) is 12.0 Å². The van der Waals surface area contributed by atoms with Crippen molar-refractivity contribution in [1.29, 1.82) is 0 Å². The molecular weight excluding hydrogens is 342 g/mol. The van der Waals surface area contributed by atoms with Crippen LogP contribution < -0.4 is 10.1 Å². The van der Waals surface area contributed by atoms with E-state index in [2.05, 4.69) is 23.7 Å². The van der Waals surface area contributed by atoms with E-state index in [0.717, 1.165) is 17.9 Å². The van der Waals surface area contributed by atoms with Gasteiger partial charge in [-0.05, 0) is 72.2 Å². The van der Waals surface area contributed by atoms with Crippen molar-refractivity contribution in [1.82, 2.24) is 5.32 Å². The number of methoxy groups -OCH3 is 1. The molecule has 1 aromatic heterocycles. The highest BCUT2D eigenvalue weighted by atomic mass is 32.1. The predicted molar refractivity (Wildman–Crippen MR) is 110 cm³/mol. The third-order valence-electron chi connectivity index (χ3n) is 3.85. The zero-order chi connectivity index (χ0) is 18.8. The van der Waals surface area contributed by atoms with Gasteiger partial charge in [0.2, 0.25) is 0 Å². The van der Waals surface area contributed by atoms with Gasteiger partial charge in [-0.3, -0.25) is 4.79 Å². The van der Waals surface area contributed by atoms with Gasteiger partial charge in [0.05, 0.1) is 7.11 Å². The third-order valence-corrected chi connectivity index (χ3v) is 4.54. The first kappa shape index (κ1) is 19.9. The summed E-state index contributed by atoms with van der Waals surface area (Å²) in [6.45, 7) is 3.29. The van der Waals surface area contributed by atoms with Crippen molar-refractivity contribution in [3.05, 3.63) is 76.5 Å². The molecule has 3 rings (SSSR count). The smallest absolute Gasteiger partial charge is 0.193 e. The summed E-state index contributed by atoms with van der Waals surface area (Å²) in [4.78, 5) is 12.4. The number of carbonyl (C=O) groups is 1. The number of hydrogen-bond donors (Lipinski definition) is 1. The first-order chi connectivity index (χ1) is 12.7. The molecule has 0 aliphatic carbocycles. The summed E-state index contributed by atoms with van der Waals surface area (Å²) in [5, 5.41) is 7.16. The second-order valence-electron chi connectivity index (χ2n) is 5.75. The zero-order valence-corrected chi connectivity index (χ0v) is 16.3. The van der Waals surface area contributed by atoms with Crippen LogP contribution in [-0.4, -0.2) is 26.5 Å². The molecule has 0 fully saturated rings. The van der Waals surface area contributed by atoms with E-state index in [9.17, 15) is 4.79 Å². The van der Waals surface area contributed by atoms with Gasteiger partial charge in [0.1, 0.15) is 5.75 Å². The van der Waals surface area contributed by atoms with Crippen molar-refractivity contribution < 1.29 is 9.53 Å². The zero-order valence-electron chi connectivity index (χ0n) is 15.5. The molecule has 1 heterocycles. The van der Waals surface area contributed by atoms with E-state index in [1.807, 2.05) is 36.7 Å². The highest BCUT2D eigenvalue weighted by Gasteiger charge is 2.09. The highest BCUT2D eigenvalue weighted by Crippen LogP contribution is 2.23. The van der Waals surface area contributed by atoms with Crippen LogP contribution in [0.4, 0.5) is 0 Å². The lowest BCUT2D eigenvalue weighted by molar-refractivity contribution is 0.103. The van der Waals surface area contributed by atoms with Crippen molar-refractivity contribution in [3.8, 4) is 16.9 Å². The van der Waals surface area contributed by atoms with Crippen molar-refractivity contribution in [2.24, 2.45) is 0 Å². The molecule has 0 atom stereocenters. The van der Waals surface area contributed by atoms with Crippen LogP contribution in [0.1, 0.15) is 29.3 Å². The third kappa shape index (κ3) is 5.55. The van der Waals surface area contributed by atoms with Crippen LogP contribution in [0.25, 0.3) is 11.1 Å². The van der Waals surface area contributed by atoms with Gasteiger partial charge in [-0.2, -0.15) is 11.3 Å². The average molecular weight is 368 g/mol. The van der Waals surface area contributed by atoms with E-state index in [4.69, 9.17) is 4.74 Å². The Bertz CT molecular complexity index is 776. The Balaban J connectivity index is 0.000000431. The molecule has 3 aromatic rings. The lowest BCUT2D eigenvalue weighted by atomic mass is 10.0. The molecule has 26 heavy (non-hydrogen) atoms. The number of nitrogens with one attached hydrogen (secondary N) is 1. The normalized spacial score (nSPS) is 9.96. The molecule has 1 N–H and O–H groups in total. The number of ketones is 1. The molecule has 0 aliphatic rings. The minimum Gasteiger partial charge on any atom is -0.497 e. The lowest BCUT2D eigenvalue weighted by Gasteiger charge is -2.04. The molecule has 136 valence electrons. The van der Waals surface area contributed by atoms with Gasteiger partial charge < -0.3 is 10.1 Å². The van der Waals surface area contributed by atoms with Gasteiger partial charge in [0, 0.05) is 11.1 Å². The van der Waals surface area contributed by atoms with Gasteiger partial charge in [-0.1, -0.05) is 31.2 Å². The summed E-state index contributed by atoms with van der Waals surface area (Å²) in [5.74, 6) is 0.772. The van der Waals surface area contributed by atoms with E-state index < -0.39 is 0 Å². The molecule has 2 aromatic carbocycles. The Morgan fingerprint density at radius 2 is 1.58 bits per heavy atom. The van der Waals surface area contributed by atoms with Crippen LogP contribution in [-0.2, 0) is 0 Å². The Morgan fingerprint density at radius 3 is 2.00 bits per heavy atom. The molecule has 3 nitrogen and oxygen atoms in total. The maximum absolute atomic E-state index is 12.4. The van der Waals surface area contributed by atoms with E-state index in [0.29, 0.717) is 11.1 Å². The van der Waals surface area contributed by atoms with Crippen LogP contribution >= 0.6 is 11.3 Å². The number of carbonyl (C=O) groups excluding carboxylic acids is 1. The van der Waals surface area contributed by atoms with Crippen molar-refractivity contribution in [3.63, 3.8) is 0 Å². The molecule has 0 unspecified atom stereocenters. The van der Waals surface area contributed by atoms with Crippen molar-refractivity contribution >= 4 is 17.1 Å². The molecule has 4 heteroatoms. The summed E-state index contributed by atoms with van der Waals surface area (Å²) in [7, 11) is 3.57. The Kier molecular flexibility index (Phi) is 8.06. The lowest BCUT2D eigenvalue weighted by Crippen LogP contribution is -2.04. The number of hydrogen-bond acceptors (Lipinski definition) is 4. The Labute approximate surface area is 159 Å². The van der Waals surface area contributed by atoms with Gasteiger partial charge >= 0.3 is 0 Å². The molecular formula is C22H25NO2S. The molecule has 0 aliphatic heterocycles. The minimum absolute atomic E-state index is 0.0227. The topological polar surface area (TPSA) is 38.3 Å². The van der Waals surface area contributed by atoms with Crippen molar-refractivity contribution in [2.75, 3.05) is 20.7 Å². The average Bonchev–Trinajstić information content (AvgIpc) is 3.24. The highest BCUT2D eigenvalue weighted by molar-refractivity contribution is 7.08. The molecule has 0 spiro atoms. The van der Waals surface area contributed by atoms with Gasteiger partial charge in [-0.25, -0.2) is 0 Å². The summed E-state index contributed by atoms with van der Waals surface area (Å²) >= 11 is 1.67. The fourth-order valence-corrected chi connectivity index (χ4v) is 3.07. The molecule has 0 saturated heterocycles. The largest absolute Gasteiger partial charge is 0.497 e. The van der Waals surface area contributed by atoms with E-state index in [-0.39, 0.29) is 5.78 Å². The number of benzene rings is 2. The fraction of sp³-hybridized carbons (Fsp3) is 0.227. The number of thiophene rings is 1. The monoisotopic (exact) mass is 367 g/mol. The molecule has 0 amide bonds. The maximum Gasteiger partial charge on any atom is 0.193 e. The van der Waals surface area contributed by atoms with Crippen LogP contribution in [0, 0.1) is 0 Å². The van der Waals surface area contributed by atoms with Gasteiger partial charge in [0.15, 0.2) is 5.78 Å². The first-order valence-electron chi connectivity index (χ1n) is 8.65. The molecule has 0 bridgehead atoms. The second kappa shape index (κ2) is 10.5. The first-order valence-corrected chi connectivity index (χ1v) is 9.59. The predicted octanol–water partition coefficient (Wildman–Crippen LogP) is 5.27. The van der Waals surface area contributed by atoms with Crippen LogP contribution in [0.2, 0.25) is 0 Å². The summed E-state index contributed by atoms with van der Waals surface area (Å²) in [6.07, 6.45) is 1.23. The van der Waals surface area contributed by atoms with E-state index in [1.54, 1.807) is 42.7 Å². The van der Waals surface area contributed by atoms with Gasteiger partial charge in [-0.15, -0.1) is 0 Å². The second-order valence-corrected chi connectivity index (χ2v) is 6.53. The van der Waals surface area contributed by atoms with Gasteiger partial charge in [0.25, 0.3) is 0 Å². The van der Waals surface area contributed by atoms with Crippen LogP contribution in [0.15, 0.2) is 65.4 Å². The Morgan fingerprint density at radius 1 is 0.962 bits per heavy atom. The molecule has 0 radical (unpaired) electrons. The SMILES string of the molecule is CCCNC.COc1ccc(C(=O)c2ccc(-c3ccsc3)cc2)cc1. The maximum atomic E-state index is 12.4. The number of rotatable bonds is 6. The number of ether oxygens (including phenoxy) is 1. The summed E-state index contributed by atoms with van der Waals surface area (Å²) < 4.78 is 5.10. The fourth-order valence-electron chi connectivity index (χ4n) is 2.40. The minimum atomic E-state index is 0.0227. The summed E-state index contributed by atoms with van der Waals surface area (Å²) in [6, 6.07) is 17.0. The van der Waals surface area contributed by atoms with Crippen LogP contribution in [0.3, 0.4) is 0 Å². The summed E-state index contributed by atoms with van der Waals surface area (Å²) in [5.41, 5.74) is 3.67. The van der Waals surface area contributed by atoms with Crippen molar-refractivity contribution in [2.45, 2.75) is 13.3 Å². The van der Waals surface area contributed by atoms with E-state index >= 15 is 0 Å².